The second-order valence-electron chi connectivity index (χ2n) is 3.91. The second-order valence-corrected chi connectivity index (χ2v) is 3.91. The maximum absolute atomic E-state index is 11.3. The molecule has 0 N–H and O–H groups in total. The van der Waals surface area contributed by atoms with E-state index in [1.807, 2.05) is 4.57 Å². The third kappa shape index (κ3) is 3.45. The van der Waals surface area contributed by atoms with Gasteiger partial charge in [0.15, 0.2) is 0 Å². The van der Waals surface area contributed by atoms with Crippen molar-refractivity contribution < 1.29 is 9.53 Å². The highest BCUT2D eigenvalue weighted by atomic mass is 16.5. The van der Waals surface area contributed by atoms with Crippen LogP contribution in [0.3, 0.4) is 0 Å². The second kappa shape index (κ2) is 6.59. The Kier molecular flexibility index (Phi) is 5.11. The lowest BCUT2D eigenvalue weighted by Crippen LogP contribution is -2.11. The van der Waals surface area contributed by atoms with E-state index in [0.717, 1.165) is 12.1 Å². The van der Waals surface area contributed by atoms with Crippen molar-refractivity contribution in [3.63, 3.8) is 0 Å². The van der Waals surface area contributed by atoms with E-state index >= 15 is 0 Å². The summed E-state index contributed by atoms with van der Waals surface area (Å²) in [5.74, 6) is 0.287. The Balaban J connectivity index is 2.81. The first-order valence-corrected chi connectivity index (χ1v) is 5.67. The van der Waals surface area contributed by atoms with Gasteiger partial charge in [-0.05, 0) is 6.92 Å². The fraction of sp³-hybridized carbons (Fsp3) is 0.286. The minimum absolute atomic E-state index is 0.136. The molecule has 1 aromatic rings. The number of carbonyl (C=O) groups excluding carboxylic acids is 1. The first-order valence-electron chi connectivity index (χ1n) is 5.67. The van der Waals surface area contributed by atoms with Crippen molar-refractivity contribution in [3.05, 3.63) is 55.2 Å². The number of aromatic nitrogens is 2. The maximum atomic E-state index is 11.3. The van der Waals surface area contributed by atoms with E-state index in [9.17, 15) is 4.79 Å². The summed E-state index contributed by atoms with van der Waals surface area (Å²) in [4.78, 5) is 15.6. The number of hydrogen-bond donors (Lipinski definition) is 0. The van der Waals surface area contributed by atoms with Gasteiger partial charge in [-0.3, -0.25) is 0 Å². The third-order valence-corrected chi connectivity index (χ3v) is 2.37. The van der Waals surface area contributed by atoms with Gasteiger partial charge in [-0.25, -0.2) is 9.78 Å². The highest BCUT2D eigenvalue weighted by molar-refractivity contribution is 5.86. The van der Waals surface area contributed by atoms with Crippen LogP contribution >= 0.6 is 0 Å². The van der Waals surface area contributed by atoms with Crippen molar-refractivity contribution in [2.75, 3.05) is 0 Å². The topological polar surface area (TPSA) is 44.1 Å². The fourth-order valence-corrected chi connectivity index (χ4v) is 1.49. The number of carbonyl (C=O) groups is 1. The highest BCUT2D eigenvalue weighted by Gasteiger charge is 2.10. The average Bonchev–Trinajstić information content (AvgIpc) is 2.70. The molecule has 18 heavy (non-hydrogen) atoms. The predicted octanol–water partition coefficient (Wildman–Crippen LogP) is 2.42. The molecule has 1 heterocycles. The smallest absolute Gasteiger partial charge is 0.333 e. The van der Waals surface area contributed by atoms with Gasteiger partial charge in [-0.2, -0.15) is 0 Å². The first kappa shape index (κ1) is 14.0. The molecule has 0 bridgehead atoms. The summed E-state index contributed by atoms with van der Waals surface area (Å²) in [5, 5.41) is 0. The SMILES string of the molecule is C=CCc1cnc(COC(=O)C(=C)C)n1CC=C. The monoisotopic (exact) mass is 246 g/mol. The minimum atomic E-state index is -0.409. The molecule has 4 nitrogen and oxygen atoms in total. The number of ether oxygens (including phenoxy) is 1. The summed E-state index contributed by atoms with van der Waals surface area (Å²) < 4.78 is 7.04. The summed E-state index contributed by atoms with van der Waals surface area (Å²) in [7, 11) is 0. The van der Waals surface area contributed by atoms with Gasteiger partial charge in [0.2, 0.25) is 0 Å². The van der Waals surface area contributed by atoms with Crippen molar-refractivity contribution in [1.29, 1.82) is 0 Å². The van der Waals surface area contributed by atoms with E-state index in [1.165, 1.54) is 0 Å². The molecule has 96 valence electrons. The maximum Gasteiger partial charge on any atom is 0.333 e. The van der Waals surface area contributed by atoms with E-state index < -0.39 is 5.97 Å². The molecule has 1 rings (SSSR count). The van der Waals surface area contributed by atoms with Crippen LogP contribution < -0.4 is 0 Å². The zero-order valence-corrected chi connectivity index (χ0v) is 10.7. The van der Waals surface area contributed by atoms with Crippen molar-refractivity contribution in [1.82, 2.24) is 9.55 Å². The van der Waals surface area contributed by atoms with Crippen molar-refractivity contribution >= 4 is 5.97 Å². The van der Waals surface area contributed by atoms with Crippen molar-refractivity contribution in [3.8, 4) is 0 Å². The number of nitrogens with zero attached hydrogens (tertiary/aromatic N) is 2. The number of esters is 1. The Morgan fingerprint density at radius 1 is 1.50 bits per heavy atom. The summed E-state index contributed by atoms with van der Waals surface area (Å²) >= 11 is 0. The number of allylic oxidation sites excluding steroid dienone is 2. The summed E-state index contributed by atoms with van der Waals surface area (Å²) in [6.07, 6.45) is 6.06. The Morgan fingerprint density at radius 3 is 2.78 bits per heavy atom. The van der Waals surface area contributed by atoms with E-state index in [2.05, 4.69) is 24.7 Å². The summed E-state index contributed by atoms with van der Waals surface area (Å²) in [6, 6.07) is 0. The highest BCUT2D eigenvalue weighted by Crippen LogP contribution is 2.09. The van der Waals surface area contributed by atoms with Gasteiger partial charge in [-0.15, -0.1) is 13.2 Å². The van der Waals surface area contributed by atoms with E-state index in [0.29, 0.717) is 17.9 Å². The van der Waals surface area contributed by atoms with Gasteiger partial charge in [0.25, 0.3) is 0 Å². The molecule has 0 aromatic carbocycles. The van der Waals surface area contributed by atoms with E-state index in [-0.39, 0.29) is 6.61 Å². The van der Waals surface area contributed by atoms with Gasteiger partial charge < -0.3 is 9.30 Å². The largest absolute Gasteiger partial charge is 0.454 e. The molecule has 4 heteroatoms. The molecule has 0 aliphatic heterocycles. The molecule has 0 fully saturated rings. The lowest BCUT2D eigenvalue weighted by Gasteiger charge is -2.09. The molecule has 0 saturated carbocycles. The zero-order chi connectivity index (χ0) is 13.5. The van der Waals surface area contributed by atoms with Gasteiger partial charge >= 0.3 is 5.97 Å². The Morgan fingerprint density at radius 2 is 2.22 bits per heavy atom. The third-order valence-electron chi connectivity index (χ3n) is 2.37. The molecule has 0 amide bonds. The average molecular weight is 246 g/mol. The van der Waals surface area contributed by atoms with Crippen LogP contribution in [0.4, 0.5) is 0 Å². The van der Waals surface area contributed by atoms with Crippen LogP contribution in [0.25, 0.3) is 0 Å². The van der Waals surface area contributed by atoms with Gasteiger partial charge in [0.05, 0.1) is 0 Å². The molecule has 0 aliphatic rings. The normalized spacial score (nSPS) is 9.83. The van der Waals surface area contributed by atoms with E-state index in [1.54, 1.807) is 25.3 Å². The fourth-order valence-electron chi connectivity index (χ4n) is 1.49. The standard InChI is InChI=1S/C14H18N2O2/c1-5-7-12-9-15-13(16(12)8-6-2)10-18-14(17)11(3)4/h5-6,9H,1-3,7-8,10H2,4H3. The predicted molar refractivity (Wildman–Crippen MR) is 70.9 cm³/mol. The van der Waals surface area contributed by atoms with Crippen molar-refractivity contribution in [2.24, 2.45) is 0 Å². The van der Waals surface area contributed by atoms with Crippen molar-refractivity contribution in [2.45, 2.75) is 26.5 Å². The van der Waals surface area contributed by atoms with Crippen LogP contribution in [0.2, 0.25) is 0 Å². The molecule has 0 unspecified atom stereocenters. The number of imidazole rings is 1. The van der Waals surface area contributed by atoms with Crippen LogP contribution in [0.5, 0.6) is 0 Å². The zero-order valence-electron chi connectivity index (χ0n) is 10.7. The molecule has 0 atom stereocenters. The molecule has 0 spiro atoms. The number of hydrogen-bond acceptors (Lipinski definition) is 3. The summed E-state index contributed by atoms with van der Waals surface area (Å²) in [6.45, 7) is 13.3. The van der Waals surface area contributed by atoms with Gasteiger partial charge in [0, 0.05) is 30.4 Å². The Bertz CT molecular complexity index is 472. The van der Waals surface area contributed by atoms with Crippen LogP contribution in [0, 0.1) is 0 Å². The van der Waals surface area contributed by atoms with Gasteiger partial charge in [-0.1, -0.05) is 18.7 Å². The molecule has 1 aromatic heterocycles. The van der Waals surface area contributed by atoms with Gasteiger partial charge in [0.1, 0.15) is 12.4 Å². The lowest BCUT2D eigenvalue weighted by atomic mass is 10.3. The summed E-state index contributed by atoms with van der Waals surface area (Å²) in [5.41, 5.74) is 1.40. The first-order chi connectivity index (χ1) is 8.60. The molecule has 0 radical (unpaired) electrons. The number of rotatable bonds is 7. The molecule has 0 aliphatic carbocycles. The minimum Gasteiger partial charge on any atom is -0.454 e. The Hall–Kier alpha value is -2.10. The Labute approximate surface area is 107 Å². The molecule has 0 saturated heterocycles. The van der Waals surface area contributed by atoms with E-state index in [4.69, 9.17) is 4.74 Å². The van der Waals surface area contributed by atoms with Crippen LogP contribution in [-0.2, 0) is 29.1 Å². The molecular formula is C14H18N2O2. The lowest BCUT2D eigenvalue weighted by molar-refractivity contribution is -0.140. The molecular weight excluding hydrogens is 228 g/mol. The van der Waals surface area contributed by atoms with Crippen LogP contribution in [0.15, 0.2) is 43.7 Å². The van der Waals surface area contributed by atoms with Crippen LogP contribution in [0.1, 0.15) is 18.4 Å². The quantitative estimate of drug-likeness (QED) is 0.421. The van der Waals surface area contributed by atoms with Crippen LogP contribution in [-0.4, -0.2) is 15.5 Å².